The van der Waals surface area contributed by atoms with Gasteiger partial charge in [0.05, 0.1) is 0 Å². The lowest BCUT2D eigenvalue weighted by Gasteiger charge is -2.17. The van der Waals surface area contributed by atoms with E-state index >= 15 is 0 Å². The molecule has 1 N–H and O–H groups in total. The van der Waals surface area contributed by atoms with Crippen LogP contribution in [0.3, 0.4) is 0 Å². The maximum absolute atomic E-state index is 3.83. The van der Waals surface area contributed by atoms with Crippen LogP contribution in [0, 0.1) is 11.8 Å². The zero-order valence-electron chi connectivity index (χ0n) is 10.8. The van der Waals surface area contributed by atoms with Gasteiger partial charge in [-0.05, 0) is 24.7 Å². The van der Waals surface area contributed by atoms with Crippen LogP contribution in [0.1, 0.15) is 47.0 Å². The van der Waals surface area contributed by atoms with Crippen molar-refractivity contribution < 1.29 is 0 Å². The SMILES string of the molecule is C=CC(C)CCC(CC)CNSC(C)C. The molecule has 0 amide bonds. The van der Waals surface area contributed by atoms with E-state index in [0.717, 1.165) is 12.5 Å². The van der Waals surface area contributed by atoms with Gasteiger partial charge in [0, 0.05) is 11.8 Å². The third-order valence-corrected chi connectivity index (χ3v) is 3.51. The Hall–Kier alpha value is 0.0500. The highest BCUT2D eigenvalue weighted by Crippen LogP contribution is 2.16. The minimum absolute atomic E-state index is 0.664. The maximum atomic E-state index is 3.83. The van der Waals surface area contributed by atoms with Gasteiger partial charge in [-0.1, -0.05) is 52.1 Å². The molecule has 0 saturated carbocycles. The van der Waals surface area contributed by atoms with Crippen LogP contribution in [0.4, 0.5) is 0 Å². The summed E-state index contributed by atoms with van der Waals surface area (Å²) in [6.45, 7) is 13.9. The minimum atomic E-state index is 0.664. The lowest BCUT2D eigenvalue weighted by atomic mass is 9.95. The van der Waals surface area contributed by atoms with E-state index in [4.69, 9.17) is 0 Å². The Balaban J connectivity index is 3.59. The zero-order valence-corrected chi connectivity index (χ0v) is 11.6. The number of allylic oxidation sites excluding steroid dienone is 1. The van der Waals surface area contributed by atoms with Crippen LogP contribution >= 0.6 is 11.9 Å². The molecule has 0 aromatic carbocycles. The lowest BCUT2D eigenvalue weighted by Crippen LogP contribution is -2.18. The Morgan fingerprint density at radius 1 is 1.27 bits per heavy atom. The molecule has 0 heterocycles. The fourth-order valence-electron chi connectivity index (χ4n) is 1.40. The van der Waals surface area contributed by atoms with Gasteiger partial charge in [-0.25, -0.2) is 0 Å². The number of hydrogen-bond donors (Lipinski definition) is 1. The van der Waals surface area contributed by atoms with Gasteiger partial charge in [0.25, 0.3) is 0 Å². The molecule has 0 saturated heterocycles. The highest BCUT2D eigenvalue weighted by molar-refractivity contribution is 7.97. The molecule has 2 heteroatoms. The molecule has 0 aromatic heterocycles. The van der Waals surface area contributed by atoms with Gasteiger partial charge < -0.3 is 0 Å². The smallest absolute Gasteiger partial charge is 0.0136 e. The highest BCUT2D eigenvalue weighted by atomic mass is 32.2. The third kappa shape index (κ3) is 9.01. The van der Waals surface area contributed by atoms with Gasteiger partial charge in [-0.2, -0.15) is 0 Å². The summed E-state index contributed by atoms with van der Waals surface area (Å²) >= 11 is 1.84. The molecule has 2 atom stereocenters. The van der Waals surface area contributed by atoms with Crippen molar-refractivity contribution in [3.05, 3.63) is 12.7 Å². The van der Waals surface area contributed by atoms with Gasteiger partial charge in [-0.15, -0.1) is 6.58 Å². The highest BCUT2D eigenvalue weighted by Gasteiger charge is 2.08. The minimum Gasteiger partial charge on any atom is -0.264 e. The van der Waals surface area contributed by atoms with Crippen LogP contribution in [-0.4, -0.2) is 11.8 Å². The molecule has 2 unspecified atom stereocenters. The molecule has 1 nitrogen and oxygen atoms in total. The Bertz CT molecular complexity index is 157. The summed E-state index contributed by atoms with van der Waals surface area (Å²) in [5, 5.41) is 0.676. The Kier molecular flexibility index (Phi) is 9.32. The van der Waals surface area contributed by atoms with Gasteiger partial charge >= 0.3 is 0 Å². The van der Waals surface area contributed by atoms with E-state index in [9.17, 15) is 0 Å². The summed E-state index contributed by atoms with van der Waals surface area (Å²) in [5.74, 6) is 1.48. The van der Waals surface area contributed by atoms with Gasteiger partial charge in [0.1, 0.15) is 0 Å². The molecule has 0 bridgehead atoms. The molecule has 0 aliphatic carbocycles. The van der Waals surface area contributed by atoms with E-state index in [1.165, 1.54) is 19.3 Å². The van der Waals surface area contributed by atoms with Crippen molar-refractivity contribution >= 4 is 11.9 Å². The zero-order chi connectivity index (χ0) is 11.7. The maximum Gasteiger partial charge on any atom is 0.0136 e. The summed E-state index contributed by atoms with van der Waals surface area (Å²) in [6.07, 6.45) is 5.92. The van der Waals surface area contributed by atoms with E-state index in [2.05, 4.69) is 45.1 Å². The third-order valence-electron chi connectivity index (χ3n) is 2.70. The number of hydrogen-bond acceptors (Lipinski definition) is 2. The Morgan fingerprint density at radius 2 is 1.93 bits per heavy atom. The molecule has 0 aliphatic heterocycles. The van der Waals surface area contributed by atoms with Crippen LogP contribution in [0.2, 0.25) is 0 Å². The van der Waals surface area contributed by atoms with Crippen LogP contribution in [0.5, 0.6) is 0 Å². The van der Waals surface area contributed by atoms with Crippen molar-refractivity contribution in [2.45, 2.75) is 52.2 Å². The normalized spacial score (nSPS) is 15.3. The van der Waals surface area contributed by atoms with Crippen molar-refractivity contribution in [3.8, 4) is 0 Å². The quantitative estimate of drug-likeness (QED) is 0.468. The van der Waals surface area contributed by atoms with Gasteiger partial charge in [-0.3, -0.25) is 4.72 Å². The van der Waals surface area contributed by atoms with Crippen molar-refractivity contribution in [3.63, 3.8) is 0 Å². The molecule has 90 valence electrons. The number of rotatable bonds is 9. The molecule has 0 rings (SSSR count). The van der Waals surface area contributed by atoms with E-state index in [1.54, 1.807) is 0 Å². The van der Waals surface area contributed by atoms with E-state index < -0.39 is 0 Å². The monoisotopic (exact) mass is 229 g/mol. The second-order valence-corrected chi connectivity index (χ2v) is 6.05. The summed E-state index contributed by atoms with van der Waals surface area (Å²) in [4.78, 5) is 0. The first kappa shape index (κ1) is 15.0. The molecular formula is C13H27NS. The summed E-state index contributed by atoms with van der Waals surface area (Å²) < 4.78 is 3.47. The first-order valence-corrected chi connectivity index (χ1v) is 6.99. The summed E-state index contributed by atoms with van der Waals surface area (Å²) in [6, 6.07) is 0. The Labute approximate surface area is 100 Å². The van der Waals surface area contributed by atoms with E-state index in [-0.39, 0.29) is 0 Å². The van der Waals surface area contributed by atoms with Gasteiger partial charge in [0.2, 0.25) is 0 Å². The lowest BCUT2D eigenvalue weighted by molar-refractivity contribution is 0.427. The molecule has 0 fully saturated rings. The van der Waals surface area contributed by atoms with E-state index in [0.29, 0.717) is 11.2 Å². The fraction of sp³-hybridized carbons (Fsp3) is 0.846. The van der Waals surface area contributed by atoms with Crippen molar-refractivity contribution in [1.82, 2.24) is 4.72 Å². The molecular weight excluding hydrogens is 202 g/mol. The van der Waals surface area contributed by atoms with Crippen molar-refractivity contribution in [2.24, 2.45) is 11.8 Å². The predicted molar refractivity (Wildman–Crippen MR) is 73.1 cm³/mol. The molecule has 0 spiro atoms. The van der Waals surface area contributed by atoms with Crippen LogP contribution in [0.15, 0.2) is 12.7 Å². The van der Waals surface area contributed by atoms with Crippen LogP contribution < -0.4 is 4.72 Å². The van der Waals surface area contributed by atoms with E-state index in [1.807, 2.05) is 11.9 Å². The largest absolute Gasteiger partial charge is 0.264 e. The molecule has 0 aromatic rings. The fourth-order valence-corrected chi connectivity index (χ4v) is 2.06. The topological polar surface area (TPSA) is 12.0 Å². The van der Waals surface area contributed by atoms with Gasteiger partial charge in [0.15, 0.2) is 0 Å². The summed E-state index contributed by atoms with van der Waals surface area (Å²) in [5.41, 5.74) is 0. The molecule has 0 radical (unpaired) electrons. The first-order valence-electron chi connectivity index (χ1n) is 6.11. The average molecular weight is 229 g/mol. The molecule has 15 heavy (non-hydrogen) atoms. The number of nitrogens with one attached hydrogen (secondary N) is 1. The van der Waals surface area contributed by atoms with Crippen molar-refractivity contribution in [2.75, 3.05) is 6.54 Å². The second kappa shape index (κ2) is 9.29. The predicted octanol–water partition coefficient (Wildman–Crippen LogP) is 4.26. The Morgan fingerprint density at radius 3 is 2.40 bits per heavy atom. The second-order valence-electron chi connectivity index (χ2n) is 4.58. The summed E-state index contributed by atoms with van der Waals surface area (Å²) in [7, 11) is 0. The first-order chi connectivity index (χ1) is 7.10. The average Bonchev–Trinajstić information content (AvgIpc) is 2.22. The standard InChI is InChI=1S/C13H27NS/c1-6-12(5)8-9-13(7-2)10-14-15-11(3)4/h6,11-14H,1,7-10H2,2-5H3. The molecule has 0 aliphatic rings. The van der Waals surface area contributed by atoms with Crippen LogP contribution in [-0.2, 0) is 0 Å². The van der Waals surface area contributed by atoms with Crippen molar-refractivity contribution in [1.29, 1.82) is 0 Å². The van der Waals surface area contributed by atoms with Crippen LogP contribution in [0.25, 0.3) is 0 Å².